The molecule has 1 amide bonds. The zero-order chi connectivity index (χ0) is 20.5. The van der Waals surface area contributed by atoms with Crippen LogP contribution >= 0.6 is 0 Å². The summed E-state index contributed by atoms with van der Waals surface area (Å²) in [5.74, 6) is 0.673. The molecule has 2 aromatic carbocycles. The van der Waals surface area contributed by atoms with Gasteiger partial charge in [0.05, 0.1) is 6.26 Å². The number of hydrogen-bond acceptors (Lipinski definition) is 3. The number of anilines is 1. The zero-order valence-electron chi connectivity index (χ0n) is 17.0. The summed E-state index contributed by atoms with van der Waals surface area (Å²) in [6.07, 6.45) is 6.10. The van der Waals surface area contributed by atoms with Gasteiger partial charge in [0.2, 0.25) is 0 Å². The van der Waals surface area contributed by atoms with Crippen LogP contribution in [-0.2, 0) is 0 Å². The third-order valence-electron chi connectivity index (χ3n) is 6.09. The lowest BCUT2D eigenvalue weighted by Crippen LogP contribution is -2.29. The van der Waals surface area contributed by atoms with E-state index in [0.29, 0.717) is 11.7 Å². The van der Waals surface area contributed by atoms with Gasteiger partial charge in [-0.3, -0.25) is 4.79 Å². The van der Waals surface area contributed by atoms with E-state index in [1.807, 2.05) is 24.3 Å². The highest BCUT2D eigenvalue weighted by Crippen LogP contribution is 2.35. The first-order valence-electron chi connectivity index (χ1n) is 10.4. The quantitative estimate of drug-likeness (QED) is 0.477. The van der Waals surface area contributed by atoms with E-state index in [9.17, 15) is 4.79 Å². The number of H-pyrrole nitrogens is 1. The fourth-order valence-electron chi connectivity index (χ4n) is 4.33. The lowest BCUT2D eigenvalue weighted by atomic mass is 9.89. The smallest absolute Gasteiger partial charge is 0.291 e. The average molecular weight is 399 g/mol. The van der Waals surface area contributed by atoms with Gasteiger partial charge in [-0.25, -0.2) is 0 Å². The molecule has 1 aliphatic heterocycles. The van der Waals surface area contributed by atoms with Crippen molar-refractivity contribution < 1.29 is 9.21 Å². The van der Waals surface area contributed by atoms with Crippen molar-refractivity contribution in [3.63, 3.8) is 0 Å². The maximum atomic E-state index is 12.1. The Morgan fingerprint density at radius 3 is 2.57 bits per heavy atom. The summed E-state index contributed by atoms with van der Waals surface area (Å²) in [6, 6.07) is 17.9. The molecular formula is C25H25N3O2. The van der Waals surface area contributed by atoms with Crippen molar-refractivity contribution >= 4 is 22.5 Å². The number of fused-ring (bicyclic) bond motifs is 1. The molecule has 5 nitrogen and oxygen atoms in total. The van der Waals surface area contributed by atoms with Crippen molar-refractivity contribution in [1.29, 1.82) is 0 Å². The van der Waals surface area contributed by atoms with Crippen molar-refractivity contribution in [3.05, 3.63) is 78.4 Å². The molecule has 0 radical (unpaired) electrons. The van der Waals surface area contributed by atoms with Crippen LogP contribution in [0.5, 0.6) is 0 Å². The van der Waals surface area contributed by atoms with Crippen LogP contribution in [0.1, 0.15) is 34.9 Å². The molecule has 1 aliphatic rings. The number of nitrogens with zero attached hydrogens (tertiary/aromatic N) is 1. The molecule has 0 saturated carbocycles. The summed E-state index contributed by atoms with van der Waals surface area (Å²) in [4.78, 5) is 18.0. The van der Waals surface area contributed by atoms with E-state index in [2.05, 4.69) is 46.6 Å². The summed E-state index contributed by atoms with van der Waals surface area (Å²) < 4.78 is 5.14. The molecule has 1 fully saturated rings. The third-order valence-corrected chi connectivity index (χ3v) is 6.09. The Morgan fingerprint density at radius 2 is 1.83 bits per heavy atom. The highest BCUT2D eigenvalue weighted by atomic mass is 16.3. The van der Waals surface area contributed by atoms with Crippen LogP contribution < -0.4 is 5.32 Å². The first kappa shape index (κ1) is 18.7. The zero-order valence-corrected chi connectivity index (χ0v) is 17.0. The Kier molecular flexibility index (Phi) is 4.89. The van der Waals surface area contributed by atoms with Gasteiger partial charge >= 0.3 is 0 Å². The Balaban J connectivity index is 1.38. The number of rotatable bonds is 4. The van der Waals surface area contributed by atoms with Gasteiger partial charge in [0.1, 0.15) is 0 Å². The maximum Gasteiger partial charge on any atom is 0.291 e. The molecule has 3 heterocycles. The SMILES string of the molecule is CN1CCC(c2c[nH]c3ccc(-c4ccc(NC(=O)c5ccco5)cc4)cc23)CC1. The van der Waals surface area contributed by atoms with Gasteiger partial charge in [-0.05, 0) is 92.0 Å². The van der Waals surface area contributed by atoms with E-state index >= 15 is 0 Å². The van der Waals surface area contributed by atoms with Gasteiger partial charge < -0.3 is 19.6 Å². The molecule has 5 rings (SSSR count). The topological polar surface area (TPSA) is 61.3 Å². The lowest BCUT2D eigenvalue weighted by molar-refractivity contribution is 0.0996. The van der Waals surface area contributed by atoms with Crippen molar-refractivity contribution in [3.8, 4) is 11.1 Å². The van der Waals surface area contributed by atoms with E-state index < -0.39 is 0 Å². The highest BCUT2D eigenvalue weighted by Gasteiger charge is 2.21. The number of carbonyl (C=O) groups excluding carboxylic acids is 1. The number of likely N-dealkylation sites (tertiary alicyclic amines) is 1. The molecule has 4 aromatic rings. The first-order valence-corrected chi connectivity index (χ1v) is 10.4. The second-order valence-electron chi connectivity index (χ2n) is 8.09. The van der Waals surface area contributed by atoms with Crippen molar-refractivity contribution in [2.75, 3.05) is 25.5 Å². The molecule has 0 aliphatic carbocycles. The number of nitrogens with one attached hydrogen (secondary N) is 2. The average Bonchev–Trinajstić information content (AvgIpc) is 3.45. The minimum absolute atomic E-state index is 0.246. The van der Waals surface area contributed by atoms with Crippen molar-refractivity contribution in [2.45, 2.75) is 18.8 Å². The second-order valence-corrected chi connectivity index (χ2v) is 8.09. The van der Waals surface area contributed by atoms with Crippen LogP contribution in [0.3, 0.4) is 0 Å². The number of hydrogen-bond donors (Lipinski definition) is 2. The molecule has 2 N–H and O–H groups in total. The number of piperidine rings is 1. The van der Waals surface area contributed by atoms with Crippen molar-refractivity contribution in [1.82, 2.24) is 9.88 Å². The number of benzene rings is 2. The van der Waals surface area contributed by atoms with Crippen LogP contribution in [-0.4, -0.2) is 35.9 Å². The van der Waals surface area contributed by atoms with Gasteiger partial charge in [0, 0.05) is 22.8 Å². The lowest BCUT2D eigenvalue weighted by Gasteiger charge is -2.28. The maximum absolute atomic E-state index is 12.1. The van der Waals surface area contributed by atoms with Crippen molar-refractivity contribution in [2.24, 2.45) is 0 Å². The fraction of sp³-hybridized carbons (Fsp3) is 0.240. The van der Waals surface area contributed by atoms with Crippen LogP contribution in [0.2, 0.25) is 0 Å². The van der Waals surface area contributed by atoms with E-state index in [1.165, 1.54) is 41.1 Å². The monoisotopic (exact) mass is 399 g/mol. The first-order chi connectivity index (χ1) is 14.7. The number of carbonyl (C=O) groups is 1. The van der Waals surface area contributed by atoms with Crippen LogP contribution in [0.25, 0.3) is 22.0 Å². The Hall–Kier alpha value is -3.31. The second kappa shape index (κ2) is 7.84. The molecule has 152 valence electrons. The summed E-state index contributed by atoms with van der Waals surface area (Å²) in [5.41, 5.74) is 5.68. The minimum atomic E-state index is -0.246. The number of aromatic amines is 1. The van der Waals surface area contributed by atoms with E-state index in [0.717, 1.165) is 24.3 Å². The molecule has 2 aromatic heterocycles. The van der Waals surface area contributed by atoms with E-state index in [1.54, 1.807) is 12.1 Å². The summed E-state index contributed by atoms with van der Waals surface area (Å²) in [5, 5.41) is 4.18. The molecule has 0 spiro atoms. The largest absolute Gasteiger partial charge is 0.459 e. The Labute approximate surface area is 175 Å². The standard InChI is InChI=1S/C25H25N3O2/c1-28-12-10-18(11-13-28)22-16-26-23-9-6-19(15-21(22)23)17-4-7-20(8-5-17)27-25(29)24-3-2-14-30-24/h2-9,14-16,18,26H,10-13H2,1H3,(H,27,29). The predicted molar refractivity (Wildman–Crippen MR) is 120 cm³/mol. The Morgan fingerprint density at radius 1 is 1.07 bits per heavy atom. The molecule has 0 unspecified atom stereocenters. The summed E-state index contributed by atoms with van der Waals surface area (Å²) in [6.45, 7) is 2.31. The third kappa shape index (κ3) is 3.64. The van der Waals surface area contributed by atoms with E-state index in [4.69, 9.17) is 4.42 Å². The molecule has 5 heteroatoms. The van der Waals surface area contributed by atoms with Gasteiger partial charge in [-0.2, -0.15) is 0 Å². The van der Waals surface area contributed by atoms with Gasteiger partial charge in [0.15, 0.2) is 5.76 Å². The van der Waals surface area contributed by atoms with Gasteiger partial charge in [-0.15, -0.1) is 0 Å². The summed E-state index contributed by atoms with van der Waals surface area (Å²) in [7, 11) is 2.20. The molecular weight excluding hydrogens is 374 g/mol. The predicted octanol–water partition coefficient (Wildman–Crippen LogP) is 5.49. The minimum Gasteiger partial charge on any atom is -0.459 e. The van der Waals surface area contributed by atoms with Crippen LogP contribution in [0.15, 0.2) is 71.5 Å². The fourth-order valence-corrected chi connectivity index (χ4v) is 4.33. The van der Waals surface area contributed by atoms with Gasteiger partial charge in [0.25, 0.3) is 5.91 Å². The summed E-state index contributed by atoms with van der Waals surface area (Å²) >= 11 is 0. The number of aromatic nitrogens is 1. The van der Waals surface area contributed by atoms with Gasteiger partial charge in [-0.1, -0.05) is 18.2 Å². The van der Waals surface area contributed by atoms with E-state index in [-0.39, 0.29) is 5.91 Å². The highest BCUT2D eigenvalue weighted by molar-refractivity contribution is 6.02. The molecule has 0 bridgehead atoms. The molecule has 0 atom stereocenters. The molecule has 30 heavy (non-hydrogen) atoms. The number of amides is 1. The molecule has 1 saturated heterocycles. The van der Waals surface area contributed by atoms with Crippen LogP contribution in [0, 0.1) is 0 Å². The van der Waals surface area contributed by atoms with Crippen LogP contribution in [0.4, 0.5) is 5.69 Å². The normalized spacial score (nSPS) is 15.5. The number of furan rings is 1. The Bertz CT molecular complexity index is 1150.